The lowest BCUT2D eigenvalue weighted by molar-refractivity contribution is 0.590. The highest BCUT2D eigenvalue weighted by Crippen LogP contribution is 2.30. The van der Waals surface area contributed by atoms with Crippen LogP contribution in [0.4, 0.5) is 5.69 Å². The van der Waals surface area contributed by atoms with E-state index in [0.29, 0.717) is 5.57 Å². The molecule has 2 aromatic rings. The first-order valence-corrected chi connectivity index (χ1v) is 7.12. The van der Waals surface area contributed by atoms with Crippen molar-refractivity contribution >= 4 is 27.2 Å². The molecule has 0 fully saturated rings. The van der Waals surface area contributed by atoms with Crippen LogP contribution in [-0.2, 0) is 5.41 Å². The van der Waals surface area contributed by atoms with Crippen LogP contribution in [0.2, 0.25) is 0 Å². The molecule has 6 nitrogen and oxygen atoms in total. The molecule has 0 saturated carbocycles. The normalized spacial score (nSPS) is 12.0. The highest BCUT2D eigenvalue weighted by molar-refractivity contribution is 9.10. The number of rotatable bonds is 3. The van der Waals surface area contributed by atoms with E-state index in [4.69, 9.17) is 5.26 Å². The first-order chi connectivity index (χ1) is 9.91. The fraction of sp³-hybridized carbons (Fsp3) is 0.286. The Balaban J connectivity index is 2.23. The van der Waals surface area contributed by atoms with Gasteiger partial charge in [0, 0.05) is 10.7 Å². The lowest BCUT2D eigenvalue weighted by Gasteiger charge is -2.20. The molecule has 0 aliphatic carbocycles. The molecule has 0 spiro atoms. The molecule has 108 valence electrons. The summed E-state index contributed by atoms with van der Waals surface area (Å²) >= 11 is 3.54. The van der Waals surface area contributed by atoms with Crippen LogP contribution in [0.25, 0.3) is 5.57 Å². The van der Waals surface area contributed by atoms with Gasteiger partial charge in [0.1, 0.15) is 11.6 Å². The molecule has 1 heterocycles. The van der Waals surface area contributed by atoms with E-state index in [-0.39, 0.29) is 11.2 Å². The van der Waals surface area contributed by atoms with E-state index in [2.05, 4.69) is 74.8 Å². The van der Waals surface area contributed by atoms with Crippen LogP contribution in [0.1, 0.15) is 32.2 Å². The number of H-pyrrole nitrogens is 1. The van der Waals surface area contributed by atoms with E-state index in [1.165, 1.54) is 5.56 Å². The van der Waals surface area contributed by atoms with Gasteiger partial charge in [0.15, 0.2) is 0 Å². The molecule has 0 bridgehead atoms. The fourth-order valence-electron chi connectivity index (χ4n) is 1.67. The SMILES string of the molecule is CC(C)(C)c1ccc(NC=C(C#N)c2nn[nH]n2)c(Br)c1. The Hall–Kier alpha value is -2.20. The molecule has 7 heteroatoms. The van der Waals surface area contributed by atoms with Gasteiger partial charge in [-0.3, -0.25) is 0 Å². The van der Waals surface area contributed by atoms with Crippen molar-refractivity contribution in [1.29, 1.82) is 5.26 Å². The van der Waals surface area contributed by atoms with Crippen molar-refractivity contribution in [3.8, 4) is 6.07 Å². The molecule has 2 N–H and O–H groups in total. The minimum Gasteiger partial charge on any atom is -0.359 e. The third kappa shape index (κ3) is 3.67. The van der Waals surface area contributed by atoms with E-state index in [9.17, 15) is 0 Å². The van der Waals surface area contributed by atoms with Crippen LogP contribution in [0, 0.1) is 11.3 Å². The molecule has 0 saturated heterocycles. The first-order valence-electron chi connectivity index (χ1n) is 6.32. The lowest BCUT2D eigenvalue weighted by Crippen LogP contribution is -2.11. The van der Waals surface area contributed by atoms with Gasteiger partial charge in [-0.2, -0.15) is 10.5 Å². The van der Waals surface area contributed by atoms with Crippen molar-refractivity contribution in [3.05, 3.63) is 40.3 Å². The average Bonchev–Trinajstić information content (AvgIpc) is 2.94. The predicted molar refractivity (Wildman–Crippen MR) is 84.2 cm³/mol. The molecule has 0 unspecified atom stereocenters. The highest BCUT2D eigenvalue weighted by Gasteiger charge is 2.14. The molecule has 0 aliphatic heterocycles. The Bertz CT molecular complexity index is 691. The smallest absolute Gasteiger partial charge is 0.216 e. The molecule has 2 rings (SSSR count). The molecule has 0 aliphatic rings. The van der Waals surface area contributed by atoms with Crippen molar-refractivity contribution in [2.24, 2.45) is 0 Å². The average molecular weight is 347 g/mol. The van der Waals surface area contributed by atoms with Crippen LogP contribution in [-0.4, -0.2) is 20.6 Å². The second kappa shape index (κ2) is 6.06. The van der Waals surface area contributed by atoms with E-state index >= 15 is 0 Å². The summed E-state index contributed by atoms with van der Waals surface area (Å²) in [6, 6.07) is 8.12. The number of benzene rings is 1. The number of hydrogen-bond donors (Lipinski definition) is 2. The summed E-state index contributed by atoms with van der Waals surface area (Å²) in [5.74, 6) is 0.257. The number of nitrogens with zero attached hydrogens (tertiary/aromatic N) is 4. The van der Waals surface area contributed by atoms with Gasteiger partial charge in [-0.15, -0.1) is 10.2 Å². The second-order valence-electron chi connectivity index (χ2n) is 5.49. The lowest BCUT2D eigenvalue weighted by atomic mass is 9.87. The Morgan fingerprint density at radius 2 is 2.19 bits per heavy atom. The van der Waals surface area contributed by atoms with E-state index in [0.717, 1.165) is 10.2 Å². The number of hydrogen-bond acceptors (Lipinski definition) is 5. The zero-order valence-electron chi connectivity index (χ0n) is 12.0. The van der Waals surface area contributed by atoms with Gasteiger partial charge in [-0.05, 0) is 44.3 Å². The van der Waals surface area contributed by atoms with E-state index in [1.54, 1.807) is 6.20 Å². The summed E-state index contributed by atoms with van der Waals surface area (Å²) in [7, 11) is 0. The molecule has 0 amide bonds. The largest absolute Gasteiger partial charge is 0.359 e. The number of nitriles is 1. The van der Waals surface area contributed by atoms with Crippen LogP contribution >= 0.6 is 15.9 Å². The maximum atomic E-state index is 9.10. The van der Waals surface area contributed by atoms with Crippen LogP contribution in [0.3, 0.4) is 0 Å². The zero-order chi connectivity index (χ0) is 15.5. The van der Waals surface area contributed by atoms with Crippen molar-refractivity contribution in [2.75, 3.05) is 5.32 Å². The summed E-state index contributed by atoms with van der Waals surface area (Å²) < 4.78 is 0.927. The monoisotopic (exact) mass is 346 g/mol. The molecule has 1 aromatic carbocycles. The molecule has 0 atom stereocenters. The predicted octanol–water partition coefficient (Wildman–Crippen LogP) is 3.24. The number of aromatic amines is 1. The Labute approximate surface area is 131 Å². The maximum Gasteiger partial charge on any atom is 0.216 e. The molecular weight excluding hydrogens is 332 g/mol. The topological polar surface area (TPSA) is 90.3 Å². The summed E-state index contributed by atoms with van der Waals surface area (Å²) in [6.07, 6.45) is 1.56. The van der Waals surface area contributed by atoms with Gasteiger partial charge in [0.25, 0.3) is 0 Å². The van der Waals surface area contributed by atoms with Crippen LogP contribution in [0.15, 0.2) is 28.9 Å². The number of aromatic nitrogens is 4. The fourth-order valence-corrected chi connectivity index (χ4v) is 2.16. The number of anilines is 1. The van der Waals surface area contributed by atoms with Crippen molar-refractivity contribution < 1.29 is 0 Å². The number of nitrogens with one attached hydrogen (secondary N) is 2. The maximum absolute atomic E-state index is 9.10. The minimum absolute atomic E-state index is 0.0827. The van der Waals surface area contributed by atoms with Crippen molar-refractivity contribution in [2.45, 2.75) is 26.2 Å². The molecule has 21 heavy (non-hydrogen) atoms. The first kappa shape index (κ1) is 15.2. The summed E-state index contributed by atoms with van der Waals surface area (Å²) in [5, 5.41) is 25.5. The Kier molecular flexibility index (Phi) is 4.38. The van der Waals surface area contributed by atoms with Crippen molar-refractivity contribution in [3.63, 3.8) is 0 Å². The standard InChI is InChI=1S/C14H15BrN6/c1-14(2,3)10-4-5-12(11(15)6-10)17-8-9(7-16)13-18-20-21-19-13/h4-6,8,17H,1-3H3,(H,18,19,20,21). The van der Waals surface area contributed by atoms with Crippen LogP contribution < -0.4 is 5.32 Å². The number of halogens is 1. The van der Waals surface area contributed by atoms with E-state index < -0.39 is 0 Å². The summed E-state index contributed by atoms with van der Waals surface area (Å²) in [4.78, 5) is 0. The van der Waals surface area contributed by atoms with Gasteiger partial charge >= 0.3 is 0 Å². The quantitative estimate of drug-likeness (QED) is 0.832. The third-order valence-electron chi connectivity index (χ3n) is 2.91. The highest BCUT2D eigenvalue weighted by atomic mass is 79.9. The van der Waals surface area contributed by atoms with Crippen LogP contribution in [0.5, 0.6) is 0 Å². The van der Waals surface area contributed by atoms with Gasteiger partial charge < -0.3 is 5.32 Å². The number of allylic oxidation sites excluding steroid dienone is 1. The van der Waals surface area contributed by atoms with E-state index in [1.807, 2.05) is 12.1 Å². The zero-order valence-corrected chi connectivity index (χ0v) is 13.6. The molecule has 1 aromatic heterocycles. The molecule has 0 radical (unpaired) electrons. The minimum atomic E-state index is 0.0827. The molecular formula is C14H15BrN6. The summed E-state index contributed by atoms with van der Waals surface area (Å²) in [5.41, 5.74) is 2.47. The summed E-state index contributed by atoms with van der Waals surface area (Å²) in [6.45, 7) is 6.48. The number of tetrazole rings is 1. The Morgan fingerprint density at radius 3 is 2.71 bits per heavy atom. The van der Waals surface area contributed by atoms with Gasteiger partial charge in [-0.1, -0.05) is 26.8 Å². The Morgan fingerprint density at radius 1 is 1.43 bits per heavy atom. The van der Waals surface area contributed by atoms with Gasteiger partial charge in [0.05, 0.1) is 5.69 Å². The third-order valence-corrected chi connectivity index (χ3v) is 3.57. The van der Waals surface area contributed by atoms with Gasteiger partial charge in [0.2, 0.25) is 5.82 Å². The van der Waals surface area contributed by atoms with Crippen molar-refractivity contribution in [1.82, 2.24) is 20.6 Å². The van der Waals surface area contributed by atoms with Gasteiger partial charge in [-0.25, -0.2) is 0 Å². The second-order valence-corrected chi connectivity index (χ2v) is 6.35.